The standard InChI is InChI=1S/C17H21N5O/c1-10-6-7-11(2)16(8-10)22-13(4)15(9-18-22)19-12(3)17-21-20-14(5)23-17/h6-9,12,19H,1-5H3/t12-/m0/s1. The zero-order valence-corrected chi connectivity index (χ0v) is 14.1. The van der Waals surface area contributed by atoms with Crippen LogP contribution in [0.4, 0.5) is 5.69 Å². The number of aryl methyl sites for hydroxylation is 3. The second-order valence-electron chi connectivity index (χ2n) is 5.87. The Balaban J connectivity index is 1.89. The van der Waals surface area contributed by atoms with Crippen molar-refractivity contribution in [2.24, 2.45) is 0 Å². The molecule has 3 rings (SSSR count). The van der Waals surface area contributed by atoms with Gasteiger partial charge in [-0.15, -0.1) is 10.2 Å². The molecule has 120 valence electrons. The molecule has 0 saturated carbocycles. The topological polar surface area (TPSA) is 68.8 Å². The predicted octanol–water partition coefficient (Wildman–Crippen LogP) is 3.66. The molecule has 0 saturated heterocycles. The lowest BCUT2D eigenvalue weighted by Crippen LogP contribution is -2.08. The maximum Gasteiger partial charge on any atom is 0.238 e. The minimum atomic E-state index is -0.0776. The van der Waals surface area contributed by atoms with E-state index in [4.69, 9.17) is 4.42 Å². The molecule has 0 bridgehead atoms. The lowest BCUT2D eigenvalue weighted by Gasteiger charge is -2.12. The highest BCUT2D eigenvalue weighted by atomic mass is 16.4. The third-order valence-electron chi connectivity index (χ3n) is 3.89. The van der Waals surface area contributed by atoms with E-state index < -0.39 is 0 Å². The van der Waals surface area contributed by atoms with E-state index in [9.17, 15) is 0 Å². The first-order chi connectivity index (χ1) is 11.0. The molecule has 0 fully saturated rings. The van der Waals surface area contributed by atoms with Gasteiger partial charge in [-0.3, -0.25) is 0 Å². The monoisotopic (exact) mass is 311 g/mol. The number of benzene rings is 1. The normalized spacial score (nSPS) is 12.4. The predicted molar refractivity (Wildman–Crippen MR) is 88.8 cm³/mol. The van der Waals surface area contributed by atoms with Gasteiger partial charge in [-0.05, 0) is 44.9 Å². The Hall–Kier alpha value is -2.63. The van der Waals surface area contributed by atoms with E-state index >= 15 is 0 Å². The zero-order valence-electron chi connectivity index (χ0n) is 14.1. The Morgan fingerprint density at radius 2 is 1.91 bits per heavy atom. The van der Waals surface area contributed by atoms with Gasteiger partial charge in [0.25, 0.3) is 0 Å². The summed E-state index contributed by atoms with van der Waals surface area (Å²) in [5.74, 6) is 1.14. The largest absolute Gasteiger partial charge is 0.423 e. The Labute approximate surface area is 135 Å². The average molecular weight is 311 g/mol. The van der Waals surface area contributed by atoms with Gasteiger partial charge >= 0.3 is 0 Å². The fourth-order valence-electron chi connectivity index (χ4n) is 2.52. The van der Waals surface area contributed by atoms with Crippen LogP contribution >= 0.6 is 0 Å². The van der Waals surface area contributed by atoms with Crippen LogP contribution in [0.15, 0.2) is 28.8 Å². The summed E-state index contributed by atoms with van der Waals surface area (Å²) in [6.07, 6.45) is 1.83. The Morgan fingerprint density at radius 3 is 2.61 bits per heavy atom. The van der Waals surface area contributed by atoms with Gasteiger partial charge in [0.15, 0.2) is 0 Å². The quantitative estimate of drug-likeness (QED) is 0.796. The maximum absolute atomic E-state index is 5.47. The molecule has 0 radical (unpaired) electrons. The highest BCUT2D eigenvalue weighted by molar-refractivity contribution is 5.52. The summed E-state index contributed by atoms with van der Waals surface area (Å²) in [5.41, 5.74) is 5.49. The summed E-state index contributed by atoms with van der Waals surface area (Å²) < 4.78 is 7.43. The van der Waals surface area contributed by atoms with Crippen LogP contribution in [0.25, 0.3) is 5.69 Å². The van der Waals surface area contributed by atoms with Crippen molar-refractivity contribution in [3.63, 3.8) is 0 Å². The molecule has 1 N–H and O–H groups in total. The molecule has 0 aliphatic rings. The van der Waals surface area contributed by atoms with E-state index in [0.717, 1.165) is 17.1 Å². The highest BCUT2D eigenvalue weighted by Crippen LogP contribution is 2.25. The second kappa shape index (κ2) is 5.87. The van der Waals surface area contributed by atoms with E-state index in [1.165, 1.54) is 11.1 Å². The lowest BCUT2D eigenvalue weighted by atomic mass is 10.1. The molecule has 0 spiro atoms. The first-order valence-corrected chi connectivity index (χ1v) is 7.64. The number of hydrogen-bond acceptors (Lipinski definition) is 5. The van der Waals surface area contributed by atoms with Crippen LogP contribution in [0.1, 0.15) is 41.6 Å². The SMILES string of the molecule is Cc1ccc(C)c(-n2ncc(N[C@@H](C)c3nnc(C)o3)c2C)c1. The summed E-state index contributed by atoms with van der Waals surface area (Å²) in [6.45, 7) is 9.99. The fourth-order valence-corrected chi connectivity index (χ4v) is 2.52. The third kappa shape index (κ3) is 2.97. The molecule has 0 unspecified atom stereocenters. The summed E-state index contributed by atoms with van der Waals surface area (Å²) in [4.78, 5) is 0. The zero-order chi connectivity index (χ0) is 16.6. The van der Waals surface area contributed by atoms with E-state index in [1.54, 1.807) is 6.92 Å². The molecule has 1 atom stereocenters. The molecule has 1 aromatic carbocycles. The molecule has 0 amide bonds. The summed E-state index contributed by atoms with van der Waals surface area (Å²) in [6, 6.07) is 6.29. The number of aromatic nitrogens is 4. The van der Waals surface area contributed by atoms with E-state index in [-0.39, 0.29) is 6.04 Å². The Kier molecular flexibility index (Phi) is 3.90. The van der Waals surface area contributed by atoms with Gasteiger partial charge in [-0.1, -0.05) is 12.1 Å². The minimum absolute atomic E-state index is 0.0776. The van der Waals surface area contributed by atoms with Crippen molar-refractivity contribution in [2.45, 2.75) is 40.7 Å². The number of rotatable bonds is 4. The molecular formula is C17H21N5O. The number of hydrogen-bond donors (Lipinski definition) is 1. The van der Waals surface area contributed by atoms with Crippen LogP contribution < -0.4 is 5.32 Å². The molecule has 0 aliphatic carbocycles. The molecule has 3 aromatic rings. The van der Waals surface area contributed by atoms with Gasteiger partial charge < -0.3 is 9.73 Å². The van der Waals surface area contributed by atoms with E-state index in [2.05, 4.69) is 52.7 Å². The van der Waals surface area contributed by atoms with Gasteiger partial charge in [0.1, 0.15) is 6.04 Å². The second-order valence-corrected chi connectivity index (χ2v) is 5.87. The molecule has 23 heavy (non-hydrogen) atoms. The summed E-state index contributed by atoms with van der Waals surface area (Å²) in [5, 5.41) is 15.8. The van der Waals surface area contributed by atoms with Crippen molar-refractivity contribution in [1.29, 1.82) is 0 Å². The third-order valence-corrected chi connectivity index (χ3v) is 3.89. The van der Waals surface area contributed by atoms with Crippen molar-refractivity contribution in [3.05, 3.63) is 53.0 Å². The van der Waals surface area contributed by atoms with Crippen LogP contribution in [0.3, 0.4) is 0 Å². The highest BCUT2D eigenvalue weighted by Gasteiger charge is 2.16. The van der Waals surface area contributed by atoms with Gasteiger partial charge in [0.2, 0.25) is 11.8 Å². The van der Waals surface area contributed by atoms with Gasteiger partial charge in [0.05, 0.1) is 23.3 Å². The van der Waals surface area contributed by atoms with Gasteiger partial charge in [-0.2, -0.15) is 5.10 Å². The van der Waals surface area contributed by atoms with Crippen LogP contribution in [-0.4, -0.2) is 20.0 Å². The molecular weight excluding hydrogens is 290 g/mol. The Bertz CT molecular complexity index is 833. The average Bonchev–Trinajstić information content (AvgIpc) is 3.09. The molecule has 2 heterocycles. The van der Waals surface area contributed by atoms with Crippen LogP contribution in [-0.2, 0) is 0 Å². The van der Waals surface area contributed by atoms with Crippen LogP contribution in [0.2, 0.25) is 0 Å². The first-order valence-electron chi connectivity index (χ1n) is 7.64. The summed E-state index contributed by atoms with van der Waals surface area (Å²) >= 11 is 0. The lowest BCUT2D eigenvalue weighted by molar-refractivity contribution is 0.451. The smallest absolute Gasteiger partial charge is 0.238 e. The van der Waals surface area contributed by atoms with E-state index in [1.807, 2.05) is 24.7 Å². The summed E-state index contributed by atoms with van der Waals surface area (Å²) in [7, 11) is 0. The molecule has 6 nitrogen and oxygen atoms in total. The molecule has 6 heteroatoms. The van der Waals surface area contributed by atoms with Gasteiger partial charge in [-0.25, -0.2) is 4.68 Å². The van der Waals surface area contributed by atoms with Crippen LogP contribution in [0, 0.1) is 27.7 Å². The number of anilines is 1. The fraction of sp³-hybridized carbons (Fsp3) is 0.353. The van der Waals surface area contributed by atoms with Gasteiger partial charge in [0, 0.05) is 6.92 Å². The van der Waals surface area contributed by atoms with Crippen molar-refractivity contribution < 1.29 is 4.42 Å². The van der Waals surface area contributed by atoms with E-state index in [0.29, 0.717) is 11.8 Å². The Morgan fingerprint density at radius 1 is 1.13 bits per heavy atom. The maximum atomic E-state index is 5.47. The molecule has 0 aliphatic heterocycles. The minimum Gasteiger partial charge on any atom is -0.423 e. The van der Waals surface area contributed by atoms with Crippen molar-refractivity contribution in [1.82, 2.24) is 20.0 Å². The van der Waals surface area contributed by atoms with Crippen molar-refractivity contribution in [3.8, 4) is 5.69 Å². The van der Waals surface area contributed by atoms with Crippen LogP contribution in [0.5, 0.6) is 0 Å². The first kappa shape index (κ1) is 15.3. The van der Waals surface area contributed by atoms with Crippen molar-refractivity contribution >= 4 is 5.69 Å². The number of nitrogens with zero attached hydrogens (tertiary/aromatic N) is 4. The number of nitrogens with one attached hydrogen (secondary N) is 1. The molecule has 2 aromatic heterocycles. The van der Waals surface area contributed by atoms with Crippen molar-refractivity contribution in [2.75, 3.05) is 5.32 Å².